The van der Waals surface area contributed by atoms with Gasteiger partial charge >= 0.3 is 0 Å². The molecule has 0 unspecified atom stereocenters. The first-order chi connectivity index (χ1) is 11.1. The molecule has 0 spiro atoms. The average Bonchev–Trinajstić information content (AvgIpc) is 3.15. The third kappa shape index (κ3) is 5.37. The quantitative estimate of drug-likeness (QED) is 0.751. The van der Waals surface area contributed by atoms with Crippen molar-refractivity contribution in [3.63, 3.8) is 0 Å². The molecule has 2 aromatic rings. The molecule has 1 amide bonds. The molecule has 0 radical (unpaired) electrons. The first-order valence-corrected chi connectivity index (χ1v) is 7.83. The van der Waals surface area contributed by atoms with Crippen molar-refractivity contribution in [1.29, 1.82) is 0 Å². The third-order valence-electron chi connectivity index (χ3n) is 3.59. The summed E-state index contributed by atoms with van der Waals surface area (Å²) in [6, 6.07) is 0. The monoisotopic (exact) mass is 316 g/mol. The van der Waals surface area contributed by atoms with Gasteiger partial charge in [0.1, 0.15) is 0 Å². The Hall–Kier alpha value is -2.41. The molecule has 0 aromatic carbocycles. The van der Waals surface area contributed by atoms with Crippen molar-refractivity contribution in [3.8, 4) is 0 Å². The zero-order valence-electron chi connectivity index (χ0n) is 13.9. The number of carbonyl (C=O) groups excluding carboxylic acids is 1. The number of hydrogen-bond acceptors (Lipinski definition) is 4. The number of nitrogens with one attached hydrogen (secondary N) is 1. The van der Waals surface area contributed by atoms with Crippen LogP contribution in [0.4, 0.5) is 5.69 Å². The normalized spacial score (nSPS) is 11.5. The predicted molar refractivity (Wildman–Crippen MR) is 90.9 cm³/mol. The van der Waals surface area contributed by atoms with Crippen LogP contribution in [0, 0.1) is 0 Å². The maximum Gasteiger partial charge on any atom is 0.248 e. The zero-order valence-corrected chi connectivity index (χ0v) is 13.9. The molecule has 1 N–H and O–H groups in total. The molecule has 0 saturated carbocycles. The number of carbonyl (C=O) groups is 1. The maximum absolute atomic E-state index is 11.9. The van der Waals surface area contributed by atoms with Crippen LogP contribution in [-0.4, -0.2) is 50.0 Å². The standard InChI is InChI=1S/C16H24N6O/c1-4-21(5-2)8-9-22-13-15(11-18-22)19-16(23)7-6-14-10-17-20(3)12-14/h6-7,10-13H,4-5,8-9H2,1-3H3,(H,19,23)/b7-6+. The Morgan fingerprint density at radius 2 is 2.04 bits per heavy atom. The van der Waals surface area contributed by atoms with Gasteiger partial charge in [0.15, 0.2) is 0 Å². The summed E-state index contributed by atoms with van der Waals surface area (Å²) in [6.07, 6.45) is 10.3. The van der Waals surface area contributed by atoms with Crippen molar-refractivity contribution >= 4 is 17.7 Å². The second-order valence-electron chi connectivity index (χ2n) is 5.29. The largest absolute Gasteiger partial charge is 0.320 e. The van der Waals surface area contributed by atoms with Crippen LogP contribution in [-0.2, 0) is 18.4 Å². The van der Waals surface area contributed by atoms with Crippen molar-refractivity contribution < 1.29 is 4.79 Å². The van der Waals surface area contributed by atoms with Crippen molar-refractivity contribution in [3.05, 3.63) is 36.4 Å². The zero-order chi connectivity index (χ0) is 16.7. The fourth-order valence-electron chi connectivity index (χ4n) is 2.22. The van der Waals surface area contributed by atoms with E-state index in [1.165, 1.54) is 6.08 Å². The van der Waals surface area contributed by atoms with E-state index in [1.54, 1.807) is 23.2 Å². The van der Waals surface area contributed by atoms with E-state index >= 15 is 0 Å². The minimum Gasteiger partial charge on any atom is -0.320 e. The average molecular weight is 316 g/mol. The molecule has 0 saturated heterocycles. The Morgan fingerprint density at radius 1 is 1.26 bits per heavy atom. The lowest BCUT2D eigenvalue weighted by atomic mass is 10.3. The van der Waals surface area contributed by atoms with Crippen LogP contribution in [0.25, 0.3) is 6.08 Å². The van der Waals surface area contributed by atoms with Gasteiger partial charge in [0.05, 0.1) is 24.6 Å². The molecule has 2 heterocycles. The van der Waals surface area contributed by atoms with E-state index in [0.717, 1.165) is 31.7 Å². The maximum atomic E-state index is 11.9. The first kappa shape index (κ1) is 17.0. The highest BCUT2D eigenvalue weighted by molar-refractivity contribution is 6.01. The molecule has 0 aliphatic rings. The van der Waals surface area contributed by atoms with Gasteiger partial charge in [-0.25, -0.2) is 0 Å². The van der Waals surface area contributed by atoms with E-state index in [-0.39, 0.29) is 5.91 Å². The predicted octanol–water partition coefficient (Wildman–Crippen LogP) is 1.61. The molecule has 0 aliphatic heterocycles. The SMILES string of the molecule is CCN(CC)CCn1cc(NC(=O)/C=C/c2cnn(C)c2)cn1. The molecule has 0 atom stereocenters. The summed E-state index contributed by atoms with van der Waals surface area (Å²) in [5.41, 5.74) is 1.59. The molecule has 7 heteroatoms. The number of aromatic nitrogens is 4. The van der Waals surface area contributed by atoms with E-state index in [1.807, 2.05) is 24.1 Å². The summed E-state index contributed by atoms with van der Waals surface area (Å²) in [6.45, 7) is 8.10. The van der Waals surface area contributed by atoms with Gasteiger partial charge in [-0.1, -0.05) is 13.8 Å². The number of aryl methyl sites for hydroxylation is 1. The molecule has 2 aromatic heterocycles. The Kier molecular flexibility index (Phi) is 6.10. The smallest absolute Gasteiger partial charge is 0.248 e. The number of hydrogen-bond donors (Lipinski definition) is 1. The Balaban J connectivity index is 1.83. The van der Waals surface area contributed by atoms with Gasteiger partial charge in [0.2, 0.25) is 5.91 Å². The fourth-order valence-corrected chi connectivity index (χ4v) is 2.22. The summed E-state index contributed by atoms with van der Waals surface area (Å²) in [5.74, 6) is -0.183. The lowest BCUT2D eigenvalue weighted by molar-refractivity contribution is -0.111. The highest BCUT2D eigenvalue weighted by Gasteiger charge is 2.04. The van der Waals surface area contributed by atoms with Crippen LogP contribution < -0.4 is 5.32 Å². The fraction of sp³-hybridized carbons (Fsp3) is 0.438. The molecule has 124 valence electrons. The third-order valence-corrected chi connectivity index (χ3v) is 3.59. The molecule has 0 bridgehead atoms. The molecule has 2 rings (SSSR count). The number of nitrogens with zero attached hydrogens (tertiary/aromatic N) is 5. The lowest BCUT2D eigenvalue weighted by Gasteiger charge is -2.17. The molecular weight excluding hydrogens is 292 g/mol. The van der Waals surface area contributed by atoms with Crippen molar-refractivity contribution in [2.75, 3.05) is 25.0 Å². The summed E-state index contributed by atoms with van der Waals surface area (Å²) < 4.78 is 3.54. The van der Waals surface area contributed by atoms with Gasteiger partial charge in [0, 0.05) is 37.6 Å². The van der Waals surface area contributed by atoms with Gasteiger partial charge in [-0.15, -0.1) is 0 Å². The lowest BCUT2D eigenvalue weighted by Crippen LogP contribution is -2.27. The number of anilines is 1. The van der Waals surface area contributed by atoms with E-state index < -0.39 is 0 Å². The molecule has 23 heavy (non-hydrogen) atoms. The van der Waals surface area contributed by atoms with Crippen molar-refractivity contribution in [2.24, 2.45) is 7.05 Å². The highest BCUT2D eigenvalue weighted by Crippen LogP contribution is 2.06. The van der Waals surface area contributed by atoms with E-state index in [2.05, 4.69) is 34.3 Å². The van der Waals surface area contributed by atoms with Crippen LogP contribution in [0.5, 0.6) is 0 Å². The summed E-state index contributed by atoms with van der Waals surface area (Å²) >= 11 is 0. The van der Waals surface area contributed by atoms with Gasteiger partial charge in [-0.05, 0) is 19.2 Å². The number of rotatable bonds is 8. The number of amides is 1. The topological polar surface area (TPSA) is 68.0 Å². The minimum atomic E-state index is -0.183. The number of likely N-dealkylation sites (N-methyl/N-ethyl adjacent to an activating group) is 1. The molecule has 0 fully saturated rings. The Bertz CT molecular complexity index is 653. The molecular formula is C16H24N6O. The van der Waals surface area contributed by atoms with Crippen LogP contribution >= 0.6 is 0 Å². The van der Waals surface area contributed by atoms with Crippen molar-refractivity contribution in [1.82, 2.24) is 24.5 Å². The first-order valence-electron chi connectivity index (χ1n) is 7.83. The minimum absolute atomic E-state index is 0.183. The Labute approximate surface area is 136 Å². The van der Waals surface area contributed by atoms with Gasteiger partial charge in [0.25, 0.3) is 0 Å². The second kappa shape index (κ2) is 8.28. The molecule has 7 nitrogen and oxygen atoms in total. The van der Waals surface area contributed by atoms with E-state index in [9.17, 15) is 4.79 Å². The van der Waals surface area contributed by atoms with Gasteiger partial charge in [-0.3, -0.25) is 14.2 Å². The summed E-state index contributed by atoms with van der Waals surface area (Å²) in [7, 11) is 1.84. The van der Waals surface area contributed by atoms with Crippen molar-refractivity contribution in [2.45, 2.75) is 20.4 Å². The van der Waals surface area contributed by atoms with Gasteiger partial charge in [-0.2, -0.15) is 10.2 Å². The van der Waals surface area contributed by atoms with Crippen LogP contribution in [0.2, 0.25) is 0 Å². The van der Waals surface area contributed by atoms with Crippen LogP contribution in [0.1, 0.15) is 19.4 Å². The van der Waals surface area contributed by atoms with Gasteiger partial charge < -0.3 is 10.2 Å². The summed E-state index contributed by atoms with van der Waals surface area (Å²) in [5, 5.41) is 11.1. The Morgan fingerprint density at radius 3 is 2.70 bits per heavy atom. The van der Waals surface area contributed by atoms with E-state index in [0.29, 0.717) is 5.69 Å². The second-order valence-corrected chi connectivity index (χ2v) is 5.29. The van der Waals surface area contributed by atoms with E-state index in [4.69, 9.17) is 0 Å². The molecule has 0 aliphatic carbocycles. The highest BCUT2D eigenvalue weighted by atomic mass is 16.1. The van der Waals surface area contributed by atoms with Crippen LogP contribution in [0.15, 0.2) is 30.9 Å². The summed E-state index contributed by atoms with van der Waals surface area (Å²) in [4.78, 5) is 14.2. The van der Waals surface area contributed by atoms with Crippen LogP contribution in [0.3, 0.4) is 0 Å².